The van der Waals surface area contributed by atoms with Crippen LogP contribution < -0.4 is 0 Å². The third kappa shape index (κ3) is 1.79. The van der Waals surface area contributed by atoms with Crippen LogP contribution in [0.2, 0.25) is 0 Å². The quantitative estimate of drug-likeness (QED) is 0.658. The molecule has 0 radical (unpaired) electrons. The summed E-state index contributed by atoms with van der Waals surface area (Å²) in [7, 11) is -1.04. The van der Waals surface area contributed by atoms with E-state index in [0.717, 1.165) is 12.8 Å². The highest BCUT2D eigenvalue weighted by Crippen LogP contribution is 2.54. The van der Waals surface area contributed by atoms with E-state index in [-0.39, 0.29) is 4.75 Å². The van der Waals surface area contributed by atoms with Crippen molar-refractivity contribution in [1.82, 2.24) is 0 Å². The van der Waals surface area contributed by atoms with E-state index in [0.29, 0.717) is 5.41 Å². The minimum absolute atomic E-state index is 0.199. The minimum atomic E-state index is -1.04. The van der Waals surface area contributed by atoms with Crippen molar-refractivity contribution < 1.29 is 4.21 Å². The van der Waals surface area contributed by atoms with E-state index in [9.17, 15) is 4.21 Å². The molecule has 0 saturated heterocycles. The van der Waals surface area contributed by atoms with Gasteiger partial charge in [-0.3, -0.25) is 0 Å². The summed E-state index contributed by atoms with van der Waals surface area (Å²) in [5.74, 6) is 0. The molecule has 0 aromatic heterocycles. The van der Waals surface area contributed by atoms with Crippen molar-refractivity contribution in [3.8, 4) is 0 Å². The normalized spacial score (nSPS) is 26.6. The Hall–Kier alpha value is -0.180. The lowest BCUT2D eigenvalue weighted by Gasteiger charge is -2.50. The van der Waals surface area contributed by atoms with Crippen molar-refractivity contribution in [2.75, 3.05) is 0 Å². The Morgan fingerprint density at radius 3 is 2.21 bits per heavy atom. The number of rotatable bonds is 1. The van der Waals surface area contributed by atoms with Gasteiger partial charge in [0.15, 0.2) is 0 Å². The van der Waals surface area contributed by atoms with Gasteiger partial charge >= 0.3 is 0 Å². The lowest BCUT2D eigenvalue weighted by Crippen LogP contribution is -2.43. The first kappa shape index (κ1) is 10.3. The van der Waals surface area contributed by atoms with E-state index in [1.807, 2.05) is 20.8 Å². The molecule has 1 spiro atoms. The van der Waals surface area contributed by atoms with E-state index in [1.165, 1.54) is 25.0 Å². The van der Waals surface area contributed by atoms with Gasteiger partial charge in [0.05, 0.1) is 4.75 Å². The minimum Gasteiger partial charge on any atom is -0.234 e. The molecule has 1 unspecified atom stereocenters. The summed E-state index contributed by atoms with van der Waals surface area (Å²) in [6, 6.07) is 0. The molecule has 14 heavy (non-hydrogen) atoms. The zero-order chi connectivity index (χ0) is 10.4. The van der Waals surface area contributed by atoms with E-state index in [1.54, 1.807) is 0 Å². The molecular weight excluding hydrogens is 194 g/mol. The third-order valence-electron chi connectivity index (χ3n) is 3.31. The van der Waals surface area contributed by atoms with Gasteiger partial charge in [-0.15, -0.1) is 0 Å². The van der Waals surface area contributed by atoms with Gasteiger partial charge in [-0.2, -0.15) is 4.40 Å². The molecule has 3 heteroatoms. The fraction of sp³-hybridized carbons (Fsp3) is 0.909. The Morgan fingerprint density at radius 2 is 1.86 bits per heavy atom. The molecule has 0 amide bonds. The van der Waals surface area contributed by atoms with Gasteiger partial charge in [-0.1, -0.05) is 6.42 Å². The molecule has 2 nitrogen and oxygen atoms in total. The zero-order valence-electron chi connectivity index (χ0n) is 9.30. The molecule has 2 aliphatic carbocycles. The van der Waals surface area contributed by atoms with Crippen LogP contribution in [0, 0.1) is 5.41 Å². The second-order valence-electron chi connectivity index (χ2n) is 5.73. The van der Waals surface area contributed by atoms with Crippen LogP contribution in [0.5, 0.6) is 0 Å². The Morgan fingerprint density at radius 1 is 1.29 bits per heavy atom. The average Bonchev–Trinajstić information content (AvgIpc) is 1.88. The molecule has 2 fully saturated rings. The van der Waals surface area contributed by atoms with Gasteiger partial charge < -0.3 is 0 Å². The predicted octanol–water partition coefficient (Wildman–Crippen LogP) is 2.85. The highest BCUT2D eigenvalue weighted by molar-refractivity contribution is 7.85. The number of hydrogen-bond acceptors (Lipinski definition) is 1. The predicted molar refractivity (Wildman–Crippen MR) is 60.8 cm³/mol. The molecule has 2 saturated carbocycles. The van der Waals surface area contributed by atoms with Crippen LogP contribution in [0.4, 0.5) is 0 Å². The van der Waals surface area contributed by atoms with Gasteiger partial charge in [0.2, 0.25) is 0 Å². The molecule has 0 aromatic rings. The highest BCUT2D eigenvalue weighted by Gasteiger charge is 2.46. The van der Waals surface area contributed by atoms with Gasteiger partial charge in [-0.25, -0.2) is 4.21 Å². The summed E-state index contributed by atoms with van der Waals surface area (Å²) in [5.41, 5.74) is 1.80. The molecule has 2 rings (SSSR count). The highest BCUT2D eigenvalue weighted by atomic mass is 32.2. The second kappa shape index (κ2) is 3.16. The first-order valence-corrected chi connectivity index (χ1v) is 6.51. The SMILES string of the molecule is CC(C)(C)S(=O)N=C1CC2(CCC2)C1. The Bertz CT molecular complexity index is 287. The molecule has 0 aromatic carbocycles. The molecule has 0 bridgehead atoms. The number of hydrogen-bond donors (Lipinski definition) is 0. The summed E-state index contributed by atoms with van der Waals surface area (Å²) in [6.45, 7) is 5.93. The first-order chi connectivity index (χ1) is 6.41. The maximum absolute atomic E-state index is 11.7. The van der Waals surface area contributed by atoms with E-state index in [4.69, 9.17) is 0 Å². The van der Waals surface area contributed by atoms with Gasteiger partial charge in [0, 0.05) is 5.71 Å². The van der Waals surface area contributed by atoms with Crippen molar-refractivity contribution in [3.05, 3.63) is 0 Å². The lowest BCUT2D eigenvalue weighted by molar-refractivity contribution is 0.119. The van der Waals surface area contributed by atoms with E-state index >= 15 is 0 Å². The van der Waals surface area contributed by atoms with E-state index in [2.05, 4.69) is 4.40 Å². The van der Waals surface area contributed by atoms with E-state index < -0.39 is 11.0 Å². The lowest BCUT2D eigenvalue weighted by atomic mass is 9.55. The fourth-order valence-corrected chi connectivity index (χ4v) is 2.80. The molecular formula is C11H19NOS. The van der Waals surface area contributed by atoms with Crippen molar-refractivity contribution in [1.29, 1.82) is 0 Å². The van der Waals surface area contributed by atoms with Crippen LogP contribution in [0.15, 0.2) is 4.40 Å². The van der Waals surface area contributed by atoms with Crippen molar-refractivity contribution in [2.45, 2.75) is 57.6 Å². The monoisotopic (exact) mass is 213 g/mol. The first-order valence-electron chi connectivity index (χ1n) is 5.40. The van der Waals surface area contributed by atoms with Crippen LogP contribution in [0.25, 0.3) is 0 Å². The maximum atomic E-state index is 11.7. The average molecular weight is 213 g/mol. The van der Waals surface area contributed by atoms with Gasteiger partial charge in [0.25, 0.3) is 0 Å². The smallest absolute Gasteiger partial charge is 0.144 e. The fourth-order valence-electron chi connectivity index (χ4n) is 2.16. The van der Waals surface area contributed by atoms with Crippen LogP contribution >= 0.6 is 0 Å². The largest absolute Gasteiger partial charge is 0.234 e. The summed E-state index contributed by atoms with van der Waals surface area (Å²) in [5, 5.41) is 0. The topological polar surface area (TPSA) is 29.4 Å². The molecule has 0 N–H and O–H groups in total. The summed E-state index contributed by atoms with van der Waals surface area (Å²) in [4.78, 5) is 0. The van der Waals surface area contributed by atoms with Crippen molar-refractivity contribution in [3.63, 3.8) is 0 Å². The molecule has 2 aliphatic rings. The summed E-state index contributed by atoms with van der Waals surface area (Å²) >= 11 is 0. The van der Waals surface area contributed by atoms with Crippen LogP contribution in [-0.2, 0) is 11.0 Å². The maximum Gasteiger partial charge on any atom is 0.144 e. The van der Waals surface area contributed by atoms with Gasteiger partial charge in [0.1, 0.15) is 11.0 Å². The molecule has 1 atom stereocenters. The second-order valence-corrected chi connectivity index (χ2v) is 7.63. The van der Waals surface area contributed by atoms with Crippen LogP contribution in [-0.4, -0.2) is 14.7 Å². The summed E-state index contributed by atoms with van der Waals surface area (Å²) in [6.07, 6.45) is 6.36. The molecule has 0 aliphatic heterocycles. The third-order valence-corrected chi connectivity index (χ3v) is 4.78. The van der Waals surface area contributed by atoms with Crippen LogP contribution in [0.1, 0.15) is 52.9 Å². The standard InChI is InChI=1S/C11H19NOS/c1-10(2,3)14(13)12-9-7-11(8-9)5-4-6-11/h4-8H2,1-3H3. The van der Waals surface area contributed by atoms with Crippen LogP contribution in [0.3, 0.4) is 0 Å². The molecule has 80 valence electrons. The Kier molecular flexibility index (Phi) is 2.33. The molecule has 0 heterocycles. The Labute approximate surface area is 88.8 Å². The number of nitrogens with zero attached hydrogens (tertiary/aromatic N) is 1. The summed E-state index contributed by atoms with van der Waals surface area (Å²) < 4.78 is 15.8. The van der Waals surface area contributed by atoms with Gasteiger partial charge in [-0.05, 0) is 51.9 Å². The van der Waals surface area contributed by atoms with Crippen molar-refractivity contribution >= 4 is 16.7 Å². The Balaban J connectivity index is 1.92. The van der Waals surface area contributed by atoms with Crippen molar-refractivity contribution in [2.24, 2.45) is 9.81 Å². The zero-order valence-corrected chi connectivity index (χ0v) is 10.1.